The molecule has 1 unspecified atom stereocenters. The molecule has 2 aromatic heterocycles. The average molecular weight is 230 g/mol. The van der Waals surface area contributed by atoms with Crippen LogP contribution >= 0.6 is 0 Å². The molecule has 1 aliphatic rings. The molecule has 1 aliphatic heterocycles. The zero-order valence-electron chi connectivity index (χ0n) is 9.50. The predicted molar refractivity (Wildman–Crippen MR) is 63.1 cm³/mol. The van der Waals surface area contributed by atoms with Crippen molar-refractivity contribution in [1.82, 2.24) is 9.38 Å². The zero-order valence-corrected chi connectivity index (χ0v) is 9.50. The molecule has 1 atom stereocenters. The molecule has 0 saturated carbocycles. The molecular formula is C13H14N2O2. The normalized spacial score (nSPS) is 20.6. The van der Waals surface area contributed by atoms with Gasteiger partial charge in [0, 0.05) is 24.6 Å². The van der Waals surface area contributed by atoms with Crippen LogP contribution in [0.3, 0.4) is 0 Å². The predicted octanol–water partition coefficient (Wildman–Crippen LogP) is 2.39. The molecule has 0 aliphatic carbocycles. The van der Waals surface area contributed by atoms with Gasteiger partial charge in [-0.05, 0) is 31.4 Å². The first kappa shape index (κ1) is 10.5. The molecule has 0 N–H and O–H groups in total. The van der Waals surface area contributed by atoms with E-state index >= 15 is 0 Å². The lowest BCUT2D eigenvalue weighted by Gasteiger charge is -2.20. The minimum atomic E-state index is 0.114. The summed E-state index contributed by atoms with van der Waals surface area (Å²) in [5.41, 5.74) is 2.48. The molecule has 88 valence electrons. The minimum absolute atomic E-state index is 0.114. The Morgan fingerprint density at radius 3 is 3.06 bits per heavy atom. The van der Waals surface area contributed by atoms with Gasteiger partial charge in [0.1, 0.15) is 11.8 Å². The van der Waals surface area contributed by atoms with Gasteiger partial charge in [-0.3, -0.25) is 4.79 Å². The van der Waals surface area contributed by atoms with Gasteiger partial charge in [0.15, 0.2) is 6.29 Å². The molecular weight excluding hydrogens is 216 g/mol. The van der Waals surface area contributed by atoms with E-state index in [1.807, 2.05) is 16.7 Å². The van der Waals surface area contributed by atoms with Crippen molar-refractivity contribution < 1.29 is 9.53 Å². The van der Waals surface area contributed by atoms with E-state index in [0.29, 0.717) is 5.56 Å². The third kappa shape index (κ3) is 1.96. The molecule has 4 nitrogen and oxygen atoms in total. The van der Waals surface area contributed by atoms with E-state index in [9.17, 15) is 4.79 Å². The Kier molecular flexibility index (Phi) is 2.65. The molecule has 4 heteroatoms. The van der Waals surface area contributed by atoms with Crippen molar-refractivity contribution in [2.24, 2.45) is 0 Å². The summed E-state index contributed by atoms with van der Waals surface area (Å²) in [4.78, 5) is 15.2. The lowest BCUT2D eigenvalue weighted by atomic mass is 10.1. The number of carbonyl (C=O) groups excluding carboxylic acids is 1. The summed E-state index contributed by atoms with van der Waals surface area (Å²) in [6, 6.07) is 3.64. The van der Waals surface area contributed by atoms with Crippen LogP contribution in [0.2, 0.25) is 0 Å². The Bertz CT molecular complexity index is 541. The number of hydrogen-bond acceptors (Lipinski definition) is 3. The number of hydrogen-bond donors (Lipinski definition) is 0. The molecule has 2 aromatic rings. The van der Waals surface area contributed by atoms with Crippen molar-refractivity contribution in [3.8, 4) is 0 Å². The van der Waals surface area contributed by atoms with Gasteiger partial charge in [0.2, 0.25) is 0 Å². The van der Waals surface area contributed by atoms with Crippen molar-refractivity contribution >= 4 is 11.9 Å². The number of aromatic nitrogens is 2. The lowest BCUT2D eigenvalue weighted by molar-refractivity contribution is 0.0126. The van der Waals surface area contributed by atoms with Gasteiger partial charge < -0.3 is 9.14 Å². The van der Waals surface area contributed by atoms with Crippen molar-refractivity contribution in [3.63, 3.8) is 0 Å². The molecule has 1 fully saturated rings. The summed E-state index contributed by atoms with van der Waals surface area (Å²) < 4.78 is 7.59. The topological polar surface area (TPSA) is 43.6 Å². The number of fused-ring (bicyclic) bond motifs is 1. The molecule has 0 amide bonds. The van der Waals surface area contributed by atoms with Crippen LogP contribution in [0, 0.1) is 0 Å². The van der Waals surface area contributed by atoms with Crippen LogP contribution < -0.4 is 0 Å². The summed E-state index contributed by atoms with van der Waals surface area (Å²) in [7, 11) is 0. The van der Waals surface area contributed by atoms with Crippen LogP contribution in [-0.2, 0) is 4.74 Å². The highest BCUT2D eigenvalue weighted by atomic mass is 16.5. The Labute approximate surface area is 99.2 Å². The van der Waals surface area contributed by atoms with E-state index in [2.05, 4.69) is 4.98 Å². The number of nitrogens with zero attached hydrogens (tertiary/aromatic N) is 2. The Balaban J connectivity index is 1.97. The van der Waals surface area contributed by atoms with Crippen molar-refractivity contribution in [1.29, 1.82) is 0 Å². The summed E-state index contributed by atoms with van der Waals surface area (Å²) in [5, 5.41) is 0. The van der Waals surface area contributed by atoms with Gasteiger partial charge >= 0.3 is 0 Å². The number of imidazole rings is 1. The van der Waals surface area contributed by atoms with Crippen molar-refractivity contribution in [2.75, 3.05) is 6.61 Å². The second-order valence-electron chi connectivity index (χ2n) is 4.37. The first-order valence-electron chi connectivity index (χ1n) is 5.92. The second-order valence-corrected chi connectivity index (χ2v) is 4.37. The maximum absolute atomic E-state index is 10.7. The highest BCUT2D eigenvalue weighted by Crippen LogP contribution is 2.27. The fourth-order valence-electron chi connectivity index (χ4n) is 2.23. The van der Waals surface area contributed by atoms with E-state index in [1.54, 1.807) is 12.3 Å². The van der Waals surface area contributed by atoms with E-state index < -0.39 is 0 Å². The minimum Gasteiger partial charge on any atom is -0.372 e. The van der Waals surface area contributed by atoms with Gasteiger partial charge in [0.25, 0.3) is 0 Å². The number of aldehydes is 1. The summed E-state index contributed by atoms with van der Waals surface area (Å²) in [6.45, 7) is 0.818. The highest BCUT2D eigenvalue weighted by Gasteiger charge is 2.18. The number of rotatable bonds is 2. The molecule has 0 bridgehead atoms. The van der Waals surface area contributed by atoms with E-state index in [0.717, 1.165) is 37.1 Å². The van der Waals surface area contributed by atoms with E-state index in [4.69, 9.17) is 4.74 Å². The second kappa shape index (κ2) is 4.30. The Hall–Kier alpha value is -1.68. The van der Waals surface area contributed by atoms with Gasteiger partial charge in [-0.1, -0.05) is 0 Å². The molecule has 0 spiro atoms. The van der Waals surface area contributed by atoms with Gasteiger partial charge in [-0.2, -0.15) is 0 Å². The monoisotopic (exact) mass is 230 g/mol. The Morgan fingerprint density at radius 2 is 2.29 bits per heavy atom. The standard InChI is InChI=1S/C13H14N2O2/c16-9-10-4-5-13-14-11(8-15(13)7-10)12-3-1-2-6-17-12/h4-5,7-9,12H,1-3,6H2. The van der Waals surface area contributed by atoms with Crippen LogP contribution in [0.4, 0.5) is 0 Å². The number of pyridine rings is 1. The first-order valence-corrected chi connectivity index (χ1v) is 5.92. The van der Waals surface area contributed by atoms with Crippen LogP contribution in [-0.4, -0.2) is 22.3 Å². The summed E-state index contributed by atoms with van der Waals surface area (Å²) in [5.74, 6) is 0. The van der Waals surface area contributed by atoms with Gasteiger partial charge in [-0.15, -0.1) is 0 Å². The van der Waals surface area contributed by atoms with Crippen molar-refractivity contribution in [2.45, 2.75) is 25.4 Å². The smallest absolute Gasteiger partial charge is 0.151 e. The van der Waals surface area contributed by atoms with Gasteiger partial charge in [-0.25, -0.2) is 4.98 Å². The molecule has 17 heavy (non-hydrogen) atoms. The highest BCUT2D eigenvalue weighted by molar-refractivity contribution is 5.74. The maximum Gasteiger partial charge on any atom is 0.151 e. The fourth-order valence-corrected chi connectivity index (χ4v) is 2.23. The fraction of sp³-hybridized carbons (Fsp3) is 0.385. The SMILES string of the molecule is O=Cc1ccc2nc(C3CCCCO3)cn2c1. The van der Waals surface area contributed by atoms with E-state index in [-0.39, 0.29) is 6.10 Å². The first-order chi connectivity index (χ1) is 8.36. The van der Waals surface area contributed by atoms with Crippen molar-refractivity contribution in [3.05, 3.63) is 35.8 Å². The van der Waals surface area contributed by atoms with Gasteiger partial charge in [0.05, 0.1) is 5.69 Å². The third-order valence-electron chi connectivity index (χ3n) is 3.14. The molecule has 0 radical (unpaired) electrons. The van der Waals surface area contributed by atoms with Crippen LogP contribution in [0.15, 0.2) is 24.5 Å². The molecule has 3 rings (SSSR count). The number of carbonyl (C=O) groups is 1. The molecule has 0 aromatic carbocycles. The zero-order chi connectivity index (χ0) is 11.7. The maximum atomic E-state index is 10.7. The Morgan fingerprint density at radius 1 is 1.35 bits per heavy atom. The van der Waals surface area contributed by atoms with Crippen LogP contribution in [0.1, 0.15) is 41.4 Å². The number of ether oxygens (including phenoxy) is 1. The molecule has 1 saturated heterocycles. The van der Waals surface area contributed by atoms with Crippen LogP contribution in [0.5, 0.6) is 0 Å². The largest absolute Gasteiger partial charge is 0.372 e. The third-order valence-corrected chi connectivity index (χ3v) is 3.14. The molecule has 3 heterocycles. The van der Waals surface area contributed by atoms with Crippen LogP contribution in [0.25, 0.3) is 5.65 Å². The summed E-state index contributed by atoms with van der Waals surface area (Å²) >= 11 is 0. The quantitative estimate of drug-likeness (QED) is 0.744. The van der Waals surface area contributed by atoms with E-state index in [1.165, 1.54) is 6.42 Å². The lowest BCUT2D eigenvalue weighted by Crippen LogP contribution is -2.11. The average Bonchev–Trinajstić information content (AvgIpc) is 2.82. The summed E-state index contributed by atoms with van der Waals surface area (Å²) in [6.07, 6.45) is 8.07.